The Bertz CT molecular complexity index is 391. The maximum atomic E-state index is 12.1. The molecule has 0 spiro atoms. The number of aliphatic carboxylic acids is 1. The van der Waals surface area contributed by atoms with Gasteiger partial charge in [0.15, 0.2) is 5.78 Å². The molecule has 18 heavy (non-hydrogen) atoms. The second-order valence-corrected chi connectivity index (χ2v) is 3.83. The average molecular weight is 251 g/mol. The third-order valence-electron chi connectivity index (χ3n) is 2.45. The molecule has 0 aliphatic rings. The van der Waals surface area contributed by atoms with E-state index in [-0.39, 0.29) is 12.2 Å². The topological polar surface area (TPSA) is 75.6 Å². The van der Waals surface area contributed by atoms with Crippen LogP contribution in [0.4, 0.5) is 0 Å². The quantitative estimate of drug-likeness (QED) is 0.531. The summed E-state index contributed by atoms with van der Waals surface area (Å²) in [4.78, 5) is 22.9. The number of methoxy groups -OCH3 is 1. The molecule has 0 saturated heterocycles. The normalized spacial score (nSPS) is 12.1. The SMILES string of the molecule is COCCNC(CC(=O)O)C(=O)c1ccccc1. The van der Waals surface area contributed by atoms with Crippen LogP contribution in [0, 0.1) is 0 Å². The van der Waals surface area contributed by atoms with Gasteiger partial charge in [0.05, 0.1) is 19.1 Å². The summed E-state index contributed by atoms with van der Waals surface area (Å²) in [6, 6.07) is 7.94. The summed E-state index contributed by atoms with van der Waals surface area (Å²) in [6.07, 6.45) is -0.239. The molecular formula is C13H17NO4. The first-order valence-electron chi connectivity index (χ1n) is 5.68. The molecule has 1 unspecified atom stereocenters. The summed E-state index contributed by atoms with van der Waals surface area (Å²) in [5.74, 6) is -1.22. The Kier molecular flexibility index (Phi) is 6.04. The zero-order valence-corrected chi connectivity index (χ0v) is 10.3. The number of benzene rings is 1. The molecule has 0 heterocycles. The second-order valence-electron chi connectivity index (χ2n) is 3.83. The van der Waals surface area contributed by atoms with Gasteiger partial charge in [0.1, 0.15) is 0 Å². The van der Waals surface area contributed by atoms with Crippen LogP contribution in [-0.2, 0) is 9.53 Å². The molecule has 98 valence electrons. The average Bonchev–Trinajstić information content (AvgIpc) is 2.37. The first kappa shape index (κ1) is 14.3. The van der Waals surface area contributed by atoms with Crippen LogP contribution in [0.1, 0.15) is 16.8 Å². The number of nitrogens with one attached hydrogen (secondary N) is 1. The molecule has 1 atom stereocenters. The van der Waals surface area contributed by atoms with Crippen molar-refractivity contribution in [3.63, 3.8) is 0 Å². The smallest absolute Gasteiger partial charge is 0.305 e. The molecule has 2 N–H and O–H groups in total. The molecule has 1 aromatic carbocycles. The van der Waals surface area contributed by atoms with Crippen LogP contribution < -0.4 is 5.32 Å². The zero-order valence-electron chi connectivity index (χ0n) is 10.3. The van der Waals surface area contributed by atoms with Gasteiger partial charge in [0, 0.05) is 19.2 Å². The Morgan fingerprint density at radius 2 is 2.00 bits per heavy atom. The number of Topliss-reactive ketones (excluding diaryl/α,β-unsaturated/α-hetero) is 1. The minimum atomic E-state index is -1.01. The Morgan fingerprint density at radius 3 is 2.56 bits per heavy atom. The van der Waals surface area contributed by atoms with Crippen LogP contribution in [-0.4, -0.2) is 43.2 Å². The Balaban J connectivity index is 2.69. The molecule has 1 rings (SSSR count). The van der Waals surface area contributed by atoms with Gasteiger partial charge in [0.25, 0.3) is 0 Å². The highest BCUT2D eigenvalue weighted by molar-refractivity contribution is 6.01. The highest BCUT2D eigenvalue weighted by Crippen LogP contribution is 2.06. The Labute approximate surface area is 106 Å². The molecule has 0 fully saturated rings. The fraction of sp³-hybridized carbons (Fsp3) is 0.385. The largest absolute Gasteiger partial charge is 0.481 e. The van der Waals surface area contributed by atoms with Gasteiger partial charge in [-0.1, -0.05) is 30.3 Å². The van der Waals surface area contributed by atoms with E-state index in [0.29, 0.717) is 18.7 Å². The Morgan fingerprint density at radius 1 is 1.33 bits per heavy atom. The van der Waals surface area contributed by atoms with Crippen LogP contribution in [0.5, 0.6) is 0 Å². The van der Waals surface area contributed by atoms with Crippen molar-refractivity contribution in [1.82, 2.24) is 5.32 Å². The van der Waals surface area contributed by atoms with Crippen LogP contribution in [0.3, 0.4) is 0 Å². The molecule has 0 bridgehead atoms. The molecular weight excluding hydrogens is 234 g/mol. The van der Waals surface area contributed by atoms with Crippen molar-refractivity contribution in [1.29, 1.82) is 0 Å². The van der Waals surface area contributed by atoms with Gasteiger partial charge < -0.3 is 15.2 Å². The number of carboxylic acids is 1. The van der Waals surface area contributed by atoms with Gasteiger partial charge in [-0.05, 0) is 0 Å². The van der Waals surface area contributed by atoms with Crippen molar-refractivity contribution < 1.29 is 19.4 Å². The lowest BCUT2D eigenvalue weighted by molar-refractivity contribution is -0.137. The van der Waals surface area contributed by atoms with E-state index < -0.39 is 12.0 Å². The number of carbonyl (C=O) groups is 2. The predicted octanol–water partition coefficient (Wildman–Crippen LogP) is 0.949. The number of hydrogen-bond acceptors (Lipinski definition) is 4. The number of hydrogen-bond donors (Lipinski definition) is 2. The van der Waals surface area contributed by atoms with Gasteiger partial charge in [-0.3, -0.25) is 9.59 Å². The maximum Gasteiger partial charge on any atom is 0.305 e. The molecule has 0 aliphatic heterocycles. The van der Waals surface area contributed by atoms with E-state index in [1.54, 1.807) is 37.4 Å². The molecule has 5 nitrogen and oxygen atoms in total. The summed E-state index contributed by atoms with van der Waals surface area (Å²) in [6.45, 7) is 0.866. The van der Waals surface area contributed by atoms with Crippen molar-refractivity contribution in [3.8, 4) is 0 Å². The van der Waals surface area contributed by atoms with Crippen LogP contribution in [0.15, 0.2) is 30.3 Å². The van der Waals surface area contributed by atoms with Crippen molar-refractivity contribution in [2.24, 2.45) is 0 Å². The lowest BCUT2D eigenvalue weighted by atomic mass is 10.0. The van der Waals surface area contributed by atoms with E-state index in [1.165, 1.54) is 0 Å². The first-order valence-corrected chi connectivity index (χ1v) is 5.68. The minimum absolute atomic E-state index is 0.214. The number of carbonyl (C=O) groups excluding carboxylic acids is 1. The molecule has 0 aliphatic carbocycles. The molecule has 0 saturated carbocycles. The maximum absolute atomic E-state index is 12.1. The van der Waals surface area contributed by atoms with Crippen LogP contribution in [0.2, 0.25) is 0 Å². The van der Waals surface area contributed by atoms with Gasteiger partial charge in [-0.15, -0.1) is 0 Å². The lowest BCUT2D eigenvalue weighted by Crippen LogP contribution is -2.40. The van der Waals surface area contributed by atoms with Gasteiger partial charge in [-0.2, -0.15) is 0 Å². The summed E-state index contributed by atoms with van der Waals surface area (Å²) in [5.41, 5.74) is 0.508. The number of carboxylic acid groups (broad SMARTS) is 1. The van der Waals surface area contributed by atoms with E-state index in [4.69, 9.17) is 9.84 Å². The second kappa shape index (κ2) is 7.58. The predicted molar refractivity (Wildman–Crippen MR) is 66.7 cm³/mol. The van der Waals surface area contributed by atoms with Crippen LogP contribution in [0.25, 0.3) is 0 Å². The summed E-state index contributed by atoms with van der Waals surface area (Å²) < 4.78 is 4.86. The number of ketones is 1. The van der Waals surface area contributed by atoms with Crippen molar-refractivity contribution in [2.75, 3.05) is 20.3 Å². The third kappa shape index (κ3) is 4.65. The molecule has 0 radical (unpaired) electrons. The first-order chi connectivity index (χ1) is 8.65. The number of rotatable bonds is 8. The van der Waals surface area contributed by atoms with Gasteiger partial charge in [-0.25, -0.2) is 0 Å². The van der Waals surface area contributed by atoms with E-state index in [2.05, 4.69) is 5.32 Å². The van der Waals surface area contributed by atoms with Crippen molar-refractivity contribution in [3.05, 3.63) is 35.9 Å². The monoisotopic (exact) mass is 251 g/mol. The van der Waals surface area contributed by atoms with E-state index in [0.717, 1.165) is 0 Å². The molecule has 5 heteroatoms. The van der Waals surface area contributed by atoms with E-state index in [1.807, 2.05) is 0 Å². The fourth-order valence-electron chi connectivity index (χ4n) is 1.57. The summed E-state index contributed by atoms with van der Waals surface area (Å²) in [7, 11) is 1.55. The van der Waals surface area contributed by atoms with Crippen molar-refractivity contribution >= 4 is 11.8 Å². The zero-order chi connectivity index (χ0) is 13.4. The third-order valence-corrected chi connectivity index (χ3v) is 2.45. The number of ether oxygens (including phenoxy) is 1. The highest BCUT2D eigenvalue weighted by atomic mass is 16.5. The highest BCUT2D eigenvalue weighted by Gasteiger charge is 2.21. The van der Waals surface area contributed by atoms with E-state index in [9.17, 15) is 9.59 Å². The summed E-state index contributed by atoms with van der Waals surface area (Å²) in [5, 5.41) is 11.7. The lowest BCUT2D eigenvalue weighted by Gasteiger charge is -2.15. The summed E-state index contributed by atoms with van der Waals surface area (Å²) >= 11 is 0. The van der Waals surface area contributed by atoms with Crippen LogP contribution >= 0.6 is 0 Å². The molecule has 1 aromatic rings. The Hall–Kier alpha value is -1.72. The molecule has 0 amide bonds. The van der Waals surface area contributed by atoms with Gasteiger partial charge >= 0.3 is 5.97 Å². The fourth-order valence-corrected chi connectivity index (χ4v) is 1.57. The minimum Gasteiger partial charge on any atom is -0.481 e. The van der Waals surface area contributed by atoms with Gasteiger partial charge in [0.2, 0.25) is 0 Å². The standard InChI is InChI=1S/C13H17NO4/c1-18-8-7-14-11(9-12(15)16)13(17)10-5-3-2-4-6-10/h2-6,11,14H,7-9H2,1H3,(H,15,16). The van der Waals surface area contributed by atoms with E-state index >= 15 is 0 Å². The van der Waals surface area contributed by atoms with Crippen molar-refractivity contribution in [2.45, 2.75) is 12.5 Å². The molecule has 0 aromatic heterocycles.